The molecule has 0 N–H and O–H groups in total. The van der Waals surface area contributed by atoms with Crippen molar-refractivity contribution in [3.05, 3.63) is 34.9 Å². The first-order valence-electron chi connectivity index (χ1n) is 6.15. The Labute approximate surface area is 113 Å². The molecule has 1 unspecified atom stereocenters. The van der Waals surface area contributed by atoms with Crippen molar-refractivity contribution in [2.24, 2.45) is 0 Å². The van der Waals surface area contributed by atoms with Crippen LogP contribution in [0.3, 0.4) is 0 Å². The quantitative estimate of drug-likeness (QED) is 0.536. The second-order valence-corrected chi connectivity index (χ2v) is 4.31. The maximum atomic E-state index is 11.2. The zero-order chi connectivity index (χ0) is 13.4. The number of benzene rings is 1. The largest absolute Gasteiger partial charge is 0.353 e. The minimum absolute atomic E-state index is 0.231. The molecule has 0 amide bonds. The Balaban J connectivity index is 2.70. The molecule has 0 saturated heterocycles. The number of hydrogen-bond donors (Lipinski definition) is 0. The summed E-state index contributed by atoms with van der Waals surface area (Å²) >= 11 is 5.83. The lowest BCUT2D eigenvalue weighted by atomic mass is 9.97. The van der Waals surface area contributed by atoms with E-state index in [-0.39, 0.29) is 12.2 Å². The van der Waals surface area contributed by atoms with Gasteiger partial charge in [-0.05, 0) is 31.5 Å². The van der Waals surface area contributed by atoms with Crippen molar-refractivity contribution in [2.75, 3.05) is 13.2 Å². The van der Waals surface area contributed by atoms with Gasteiger partial charge >= 0.3 is 0 Å². The highest BCUT2D eigenvalue weighted by atomic mass is 35.5. The van der Waals surface area contributed by atoms with Crippen LogP contribution in [0.4, 0.5) is 0 Å². The van der Waals surface area contributed by atoms with Gasteiger partial charge in [-0.25, -0.2) is 0 Å². The zero-order valence-electron chi connectivity index (χ0n) is 10.8. The fraction of sp³-hybridized carbons (Fsp3) is 0.500. The molecule has 0 aliphatic heterocycles. The van der Waals surface area contributed by atoms with Gasteiger partial charge in [0, 0.05) is 30.6 Å². The Bertz CT molecular complexity index is 345. The summed E-state index contributed by atoms with van der Waals surface area (Å²) in [6, 6.07) is 7.28. The van der Waals surface area contributed by atoms with Crippen LogP contribution in [0, 0.1) is 0 Å². The SMILES string of the molecule is CCOC(CC(C=O)c1ccc(Cl)cc1)OCC. The van der Waals surface area contributed by atoms with Gasteiger partial charge in [-0.1, -0.05) is 23.7 Å². The minimum atomic E-state index is -0.342. The van der Waals surface area contributed by atoms with Gasteiger partial charge in [0.2, 0.25) is 0 Å². The van der Waals surface area contributed by atoms with Crippen LogP contribution in [-0.4, -0.2) is 25.8 Å². The summed E-state index contributed by atoms with van der Waals surface area (Å²) in [7, 11) is 0. The van der Waals surface area contributed by atoms with E-state index in [0.717, 1.165) is 11.8 Å². The van der Waals surface area contributed by atoms with Crippen molar-refractivity contribution in [3.8, 4) is 0 Å². The average Bonchev–Trinajstić information content (AvgIpc) is 2.37. The van der Waals surface area contributed by atoms with Gasteiger partial charge in [0.15, 0.2) is 6.29 Å². The van der Waals surface area contributed by atoms with E-state index in [2.05, 4.69) is 0 Å². The average molecular weight is 271 g/mol. The van der Waals surface area contributed by atoms with Crippen molar-refractivity contribution < 1.29 is 14.3 Å². The van der Waals surface area contributed by atoms with Gasteiger partial charge in [-0.3, -0.25) is 0 Å². The van der Waals surface area contributed by atoms with Gasteiger partial charge in [0.05, 0.1) is 0 Å². The molecule has 0 fully saturated rings. The van der Waals surface area contributed by atoms with E-state index in [1.54, 1.807) is 12.1 Å². The number of aldehydes is 1. The van der Waals surface area contributed by atoms with Crippen molar-refractivity contribution in [1.29, 1.82) is 0 Å². The molecule has 100 valence electrons. The number of hydrogen-bond acceptors (Lipinski definition) is 3. The van der Waals surface area contributed by atoms with Crippen LogP contribution >= 0.6 is 11.6 Å². The molecule has 0 bridgehead atoms. The van der Waals surface area contributed by atoms with Crippen LogP contribution < -0.4 is 0 Å². The lowest BCUT2D eigenvalue weighted by Gasteiger charge is -2.20. The van der Waals surface area contributed by atoms with Gasteiger partial charge in [0.1, 0.15) is 6.29 Å². The molecule has 18 heavy (non-hydrogen) atoms. The molecule has 0 radical (unpaired) electrons. The third-order valence-corrected chi connectivity index (χ3v) is 2.87. The van der Waals surface area contributed by atoms with Crippen molar-refractivity contribution in [3.63, 3.8) is 0 Å². The smallest absolute Gasteiger partial charge is 0.158 e. The van der Waals surface area contributed by atoms with E-state index in [4.69, 9.17) is 21.1 Å². The van der Waals surface area contributed by atoms with Crippen LogP contribution in [0.1, 0.15) is 31.7 Å². The van der Waals surface area contributed by atoms with E-state index in [0.29, 0.717) is 24.7 Å². The summed E-state index contributed by atoms with van der Waals surface area (Å²) in [6.07, 6.45) is 1.10. The molecule has 0 heterocycles. The van der Waals surface area contributed by atoms with Crippen LogP contribution in [0.25, 0.3) is 0 Å². The van der Waals surface area contributed by atoms with Crippen LogP contribution in [0.15, 0.2) is 24.3 Å². The lowest BCUT2D eigenvalue weighted by Crippen LogP contribution is -2.21. The van der Waals surface area contributed by atoms with E-state index in [1.807, 2.05) is 26.0 Å². The molecule has 1 rings (SSSR count). The number of ether oxygens (including phenoxy) is 2. The normalized spacial score (nSPS) is 12.7. The summed E-state index contributed by atoms with van der Waals surface area (Å²) in [5.74, 6) is -0.231. The minimum Gasteiger partial charge on any atom is -0.353 e. The Kier molecular flexibility index (Phi) is 6.94. The molecule has 1 atom stereocenters. The summed E-state index contributed by atoms with van der Waals surface area (Å²) in [5.41, 5.74) is 0.929. The molecule has 3 nitrogen and oxygen atoms in total. The first kappa shape index (κ1) is 15.2. The first-order valence-corrected chi connectivity index (χ1v) is 6.53. The monoisotopic (exact) mass is 270 g/mol. The molecule has 0 aromatic heterocycles. The molecule has 0 aliphatic rings. The van der Waals surface area contributed by atoms with E-state index >= 15 is 0 Å². The van der Waals surface area contributed by atoms with E-state index < -0.39 is 0 Å². The maximum absolute atomic E-state index is 11.2. The number of carbonyl (C=O) groups excluding carboxylic acids is 1. The zero-order valence-corrected chi connectivity index (χ0v) is 11.5. The molecular weight excluding hydrogens is 252 g/mol. The van der Waals surface area contributed by atoms with Crippen molar-refractivity contribution >= 4 is 17.9 Å². The molecule has 0 aliphatic carbocycles. The Morgan fingerprint density at radius 3 is 2.17 bits per heavy atom. The third kappa shape index (κ3) is 4.77. The van der Waals surface area contributed by atoms with Crippen molar-refractivity contribution in [1.82, 2.24) is 0 Å². The second kappa shape index (κ2) is 8.25. The second-order valence-electron chi connectivity index (χ2n) is 3.87. The van der Waals surface area contributed by atoms with Gasteiger partial charge in [0.25, 0.3) is 0 Å². The highest BCUT2D eigenvalue weighted by Gasteiger charge is 2.18. The van der Waals surface area contributed by atoms with Gasteiger partial charge < -0.3 is 14.3 Å². The molecule has 0 saturated carbocycles. The molecule has 1 aromatic rings. The van der Waals surface area contributed by atoms with Gasteiger partial charge in [-0.2, -0.15) is 0 Å². The molecular formula is C14H19ClO3. The Hall–Kier alpha value is -0.900. The van der Waals surface area contributed by atoms with Crippen molar-refractivity contribution in [2.45, 2.75) is 32.5 Å². The standard InChI is InChI=1S/C14H19ClO3/c1-3-17-14(18-4-2)9-12(10-16)11-5-7-13(15)8-6-11/h5-8,10,12,14H,3-4,9H2,1-2H3. The van der Waals surface area contributed by atoms with E-state index in [9.17, 15) is 4.79 Å². The third-order valence-electron chi connectivity index (χ3n) is 2.61. The van der Waals surface area contributed by atoms with Crippen LogP contribution in [-0.2, 0) is 14.3 Å². The lowest BCUT2D eigenvalue weighted by molar-refractivity contribution is -0.144. The summed E-state index contributed by atoms with van der Waals surface area (Å²) in [5, 5.41) is 0.662. The topological polar surface area (TPSA) is 35.5 Å². The van der Waals surface area contributed by atoms with Gasteiger partial charge in [-0.15, -0.1) is 0 Å². The number of carbonyl (C=O) groups is 1. The highest BCUT2D eigenvalue weighted by molar-refractivity contribution is 6.30. The predicted molar refractivity (Wildman–Crippen MR) is 71.9 cm³/mol. The Morgan fingerprint density at radius 1 is 1.17 bits per heavy atom. The molecule has 0 spiro atoms. The molecule has 4 heteroatoms. The fourth-order valence-corrected chi connectivity index (χ4v) is 1.87. The summed E-state index contributed by atoms with van der Waals surface area (Å²) in [4.78, 5) is 11.2. The van der Waals surface area contributed by atoms with E-state index in [1.165, 1.54) is 0 Å². The van der Waals surface area contributed by atoms with Crippen LogP contribution in [0.2, 0.25) is 5.02 Å². The predicted octanol–water partition coefficient (Wildman–Crippen LogP) is 3.41. The number of rotatable bonds is 8. The highest BCUT2D eigenvalue weighted by Crippen LogP contribution is 2.22. The molecule has 1 aromatic carbocycles. The summed E-state index contributed by atoms with van der Waals surface area (Å²) in [6.45, 7) is 4.95. The summed E-state index contributed by atoms with van der Waals surface area (Å²) < 4.78 is 10.9. The fourth-order valence-electron chi connectivity index (χ4n) is 1.74. The Morgan fingerprint density at radius 2 is 1.72 bits per heavy atom. The first-order chi connectivity index (χ1) is 8.71. The van der Waals surface area contributed by atoms with Crippen LogP contribution in [0.5, 0.6) is 0 Å². The number of halogens is 1. The maximum Gasteiger partial charge on any atom is 0.158 e.